The molecule has 2 N–H and O–H groups in total. The van der Waals surface area contributed by atoms with Gasteiger partial charge in [0.2, 0.25) is 0 Å². The minimum atomic E-state index is -3.20. The summed E-state index contributed by atoms with van der Waals surface area (Å²) < 4.78 is 24.7. The number of nitrogens with zero attached hydrogens (tertiary/aromatic N) is 1. The minimum absolute atomic E-state index is 0.281. The summed E-state index contributed by atoms with van der Waals surface area (Å²) in [6.45, 7) is 0.539. The number of carbonyl (C=O) groups is 1. The van der Waals surface area contributed by atoms with Crippen molar-refractivity contribution in [1.29, 1.82) is 0 Å². The summed E-state index contributed by atoms with van der Waals surface area (Å²) in [7, 11) is -3.20. The van der Waals surface area contributed by atoms with Crippen molar-refractivity contribution in [2.75, 3.05) is 6.26 Å². The van der Waals surface area contributed by atoms with E-state index in [0.717, 1.165) is 11.3 Å². The lowest BCUT2D eigenvalue weighted by Gasteiger charge is -2.07. The fraction of sp³-hybridized carbons (Fsp3) is 0.133. The highest BCUT2D eigenvalue weighted by atomic mass is 32.2. The maximum absolute atomic E-state index is 11.4. The van der Waals surface area contributed by atoms with Gasteiger partial charge in [0, 0.05) is 30.8 Å². The van der Waals surface area contributed by atoms with Gasteiger partial charge in [0.05, 0.1) is 4.90 Å². The summed E-state index contributed by atoms with van der Waals surface area (Å²) in [5, 5.41) is 8.45. The highest BCUT2D eigenvalue weighted by molar-refractivity contribution is 7.90. The Bertz CT molecular complexity index is 789. The van der Waals surface area contributed by atoms with Crippen molar-refractivity contribution in [3.05, 3.63) is 59.9 Å². The molecular formula is C15H16N2O4S. The monoisotopic (exact) mass is 320 g/mol. The molecule has 0 bridgehead atoms. The Morgan fingerprint density at radius 2 is 1.95 bits per heavy atom. The third-order valence-corrected chi connectivity index (χ3v) is 4.21. The molecule has 0 saturated carbocycles. The first-order valence-corrected chi connectivity index (χ1v) is 8.35. The molecule has 0 unspecified atom stereocenters. The van der Waals surface area contributed by atoms with Crippen molar-refractivity contribution in [1.82, 2.24) is 10.0 Å². The topological polar surface area (TPSA) is 88.4 Å². The number of benzene rings is 1. The van der Waals surface area contributed by atoms with Crippen molar-refractivity contribution in [3.8, 4) is 0 Å². The second-order valence-electron chi connectivity index (χ2n) is 4.79. The average Bonchev–Trinajstić information content (AvgIpc) is 2.91. The Labute approximate surface area is 128 Å². The largest absolute Gasteiger partial charge is 0.344 e. The summed E-state index contributed by atoms with van der Waals surface area (Å²) in [5.41, 5.74) is 3.25. The van der Waals surface area contributed by atoms with E-state index in [2.05, 4.69) is 0 Å². The van der Waals surface area contributed by atoms with E-state index in [1.165, 1.54) is 17.8 Å². The third-order valence-electron chi connectivity index (χ3n) is 3.08. The van der Waals surface area contributed by atoms with Gasteiger partial charge in [0.25, 0.3) is 5.91 Å². The Hall–Kier alpha value is -2.38. The second-order valence-corrected chi connectivity index (χ2v) is 6.80. The third kappa shape index (κ3) is 4.06. The predicted octanol–water partition coefficient (Wildman–Crippen LogP) is 1.46. The molecular weight excluding hydrogens is 304 g/mol. The number of hydroxylamine groups is 1. The van der Waals surface area contributed by atoms with E-state index in [4.69, 9.17) is 5.21 Å². The van der Waals surface area contributed by atoms with Crippen LogP contribution in [-0.4, -0.2) is 30.4 Å². The van der Waals surface area contributed by atoms with Crippen LogP contribution in [0.3, 0.4) is 0 Å². The molecule has 1 aromatic heterocycles. The molecule has 0 fully saturated rings. The van der Waals surface area contributed by atoms with Gasteiger partial charge in [-0.25, -0.2) is 13.9 Å². The summed E-state index contributed by atoms with van der Waals surface area (Å²) in [4.78, 5) is 11.3. The van der Waals surface area contributed by atoms with Gasteiger partial charge in [0.1, 0.15) is 0 Å². The Morgan fingerprint density at radius 1 is 1.27 bits per heavy atom. The fourth-order valence-electron chi connectivity index (χ4n) is 1.96. The number of aromatic nitrogens is 1. The highest BCUT2D eigenvalue weighted by Gasteiger charge is 2.06. The van der Waals surface area contributed by atoms with Gasteiger partial charge in [-0.05, 0) is 35.9 Å². The number of carbonyl (C=O) groups excluding carboxylic acids is 1. The number of rotatable bonds is 5. The molecule has 0 aliphatic rings. The van der Waals surface area contributed by atoms with Gasteiger partial charge in [0.15, 0.2) is 9.84 Å². The van der Waals surface area contributed by atoms with E-state index < -0.39 is 15.7 Å². The van der Waals surface area contributed by atoms with Gasteiger partial charge in [-0.1, -0.05) is 12.1 Å². The van der Waals surface area contributed by atoms with Crippen molar-refractivity contribution in [3.63, 3.8) is 0 Å². The molecule has 6 nitrogen and oxygen atoms in total. The van der Waals surface area contributed by atoms with Crippen LogP contribution in [0.25, 0.3) is 6.08 Å². The Kier molecular flexibility index (Phi) is 4.79. The molecule has 1 amide bonds. The van der Waals surface area contributed by atoms with Crippen LogP contribution in [0.2, 0.25) is 0 Å². The first-order chi connectivity index (χ1) is 10.4. The molecule has 0 radical (unpaired) electrons. The molecule has 0 aliphatic carbocycles. The van der Waals surface area contributed by atoms with Crippen LogP contribution in [0.1, 0.15) is 11.3 Å². The van der Waals surface area contributed by atoms with Gasteiger partial charge in [-0.2, -0.15) is 0 Å². The average molecular weight is 320 g/mol. The van der Waals surface area contributed by atoms with Crippen LogP contribution in [0.5, 0.6) is 0 Å². The lowest BCUT2D eigenvalue weighted by molar-refractivity contribution is -0.124. The van der Waals surface area contributed by atoms with Crippen LogP contribution < -0.4 is 5.48 Å². The fourth-order valence-corrected chi connectivity index (χ4v) is 2.59. The summed E-state index contributed by atoms with van der Waals surface area (Å²) in [6, 6.07) is 10.3. The van der Waals surface area contributed by atoms with E-state index in [1.54, 1.807) is 30.3 Å². The number of hydrogen-bond donors (Lipinski definition) is 2. The maximum Gasteiger partial charge on any atom is 0.267 e. The zero-order valence-electron chi connectivity index (χ0n) is 11.9. The Morgan fingerprint density at radius 3 is 2.55 bits per heavy atom. The smallest absolute Gasteiger partial charge is 0.267 e. The predicted molar refractivity (Wildman–Crippen MR) is 82.0 cm³/mol. The molecule has 2 rings (SSSR count). The second kappa shape index (κ2) is 6.59. The first-order valence-electron chi connectivity index (χ1n) is 6.46. The summed E-state index contributed by atoms with van der Waals surface area (Å²) >= 11 is 0. The Balaban J connectivity index is 2.17. The van der Waals surface area contributed by atoms with Crippen LogP contribution in [-0.2, 0) is 21.2 Å². The number of sulfone groups is 1. The maximum atomic E-state index is 11.4. The van der Waals surface area contributed by atoms with Crippen molar-refractivity contribution in [2.24, 2.45) is 0 Å². The highest BCUT2D eigenvalue weighted by Crippen LogP contribution is 2.13. The van der Waals surface area contributed by atoms with Crippen LogP contribution in [0, 0.1) is 0 Å². The normalized spacial score (nSPS) is 11.7. The molecule has 0 saturated heterocycles. The van der Waals surface area contributed by atoms with Crippen molar-refractivity contribution >= 4 is 21.8 Å². The molecule has 0 spiro atoms. The van der Waals surface area contributed by atoms with Crippen LogP contribution in [0.4, 0.5) is 0 Å². The molecule has 1 aromatic carbocycles. The van der Waals surface area contributed by atoms with Crippen molar-refractivity contribution < 1.29 is 18.4 Å². The van der Waals surface area contributed by atoms with E-state index in [0.29, 0.717) is 6.54 Å². The molecule has 2 aromatic rings. The molecule has 7 heteroatoms. The van der Waals surface area contributed by atoms with Gasteiger partial charge in [-0.3, -0.25) is 10.0 Å². The molecule has 0 atom stereocenters. The zero-order valence-corrected chi connectivity index (χ0v) is 12.7. The molecule has 0 aliphatic heterocycles. The van der Waals surface area contributed by atoms with E-state index in [1.807, 2.05) is 22.9 Å². The minimum Gasteiger partial charge on any atom is -0.344 e. The summed E-state index contributed by atoms with van der Waals surface area (Å²) in [5.74, 6) is -0.606. The van der Waals surface area contributed by atoms with E-state index in [-0.39, 0.29) is 4.90 Å². The molecule has 22 heavy (non-hydrogen) atoms. The number of nitrogens with one attached hydrogen (secondary N) is 1. The zero-order chi connectivity index (χ0) is 16.2. The van der Waals surface area contributed by atoms with Gasteiger partial charge < -0.3 is 4.57 Å². The van der Waals surface area contributed by atoms with Crippen LogP contribution >= 0.6 is 0 Å². The van der Waals surface area contributed by atoms with E-state index in [9.17, 15) is 13.2 Å². The standard InChI is InChI=1S/C15H16N2O4S/c1-22(20,21)14-7-4-12(5-8-14)11-17-10-2-3-13(17)6-9-15(18)16-19/h2-10,19H,11H2,1H3,(H,16,18). The lowest BCUT2D eigenvalue weighted by atomic mass is 10.2. The van der Waals surface area contributed by atoms with E-state index >= 15 is 0 Å². The van der Waals surface area contributed by atoms with Crippen molar-refractivity contribution in [2.45, 2.75) is 11.4 Å². The first kappa shape index (κ1) is 16.0. The lowest BCUT2D eigenvalue weighted by Crippen LogP contribution is -2.15. The number of hydrogen-bond acceptors (Lipinski definition) is 4. The SMILES string of the molecule is CS(=O)(=O)c1ccc(Cn2cccc2C=CC(=O)NO)cc1. The van der Waals surface area contributed by atoms with Gasteiger partial charge in [-0.15, -0.1) is 0 Å². The van der Waals surface area contributed by atoms with Gasteiger partial charge >= 0.3 is 0 Å². The molecule has 116 valence electrons. The van der Waals surface area contributed by atoms with Crippen LogP contribution in [0.15, 0.2) is 53.6 Å². The molecule has 1 heterocycles. The summed E-state index contributed by atoms with van der Waals surface area (Å²) in [6.07, 6.45) is 5.82. The quantitative estimate of drug-likeness (QED) is 0.496. The number of amides is 1.